The molecule has 20 heavy (non-hydrogen) atoms. The minimum Gasteiger partial charge on any atom is -0.322 e. The molecule has 6 heteroatoms. The van der Waals surface area contributed by atoms with Crippen LogP contribution < -0.4 is 5.32 Å². The first-order valence-corrected chi connectivity index (χ1v) is 7.02. The molecule has 2 rings (SSSR count). The summed E-state index contributed by atoms with van der Waals surface area (Å²) in [7, 11) is 0. The number of carbonyl (C=O) groups excluding carboxylic acids is 1. The highest BCUT2D eigenvalue weighted by molar-refractivity contribution is 9.10. The molecule has 0 heterocycles. The minimum atomic E-state index is -0.350. The Labute approximate surface area is 134 Å². The number of nitriles is 1. The summed E-state index contributed by atoms with van der Waals surface area (Å²) in [5.41, 5.74) is 1.20. The summed E-state index contributed by atoms with van der Waals surface area (Å²) in [5.74, 6) is -0.350. The molecule has 0 unspecified atom stereocenters. The fourth-order valence-electron chi connectivity index (χ4n) is 1.55. The van der Waals surface area contributed by atoms with E-state index in [1.807, 2.05) is 6.07 Å². The van der Waals surface area contributed by atoms with Crippen molar-refractivity contribution in [2.24, 2.45) is 0 Å². The van der Waals surface area contributed by atoms with Crippen LogP contribution in [0.3, 0.4) is 0 Å². The predicted molar refractivity (Wildman–Crippen MR) is 83.3 cm³/mol. The molecule has 2 aromatic carbocycles. The lowest BCUT2D eigenvalue weighted by molar-refractivity contribution is 0.102. The van der Waals surface area contributed by atoms with Crippen LogP contribution in [0.15, 0.2) is 40.9 Å². The van der Waals surface area contributed by atoms with E-state index in [-0.39, 0.29) is 10.9 Å². The Bertz CT molecular complexity index is 726. The molecule has 0 saturated heterocycles. The van der Waals surface area contributed by atoms with Gasteiger partial charge in [0.15, 0.2) is 0 Å². The monoisotopic (exact) mass is 368 g/mol. The van der Waals surface area contributed by atoms with Crippen LogP contribution >= 0.6 is 39.1 Å². The molecule has 0 fully saturated rings. The maximum Gasteiger partial charge on any atom is 0.257 e. The van der Waals surface area contributed by atoms with Crippen molar-refractivity contribution in [2.75, 3.05) is 5.32 Å². The maximum atomic E-state index is 12.1. The van der Waals surface area contributed by atoms with Crippen LogP contribution in [0.5, 0.6) is 0 Å². The van der Waals surface area contributed by atoms with Gasteiger partial charge in [-0.05, 0) is 36.4 Å². The molecular weight excluding hydrogens is 363 g/mol. The highest BCUT2D eigenvalue weighted by atomic mass is 79.9. The lowest BCUT2D eigenvalue weighted by atomic mass is 10.2. The highest BCUT2D eigenvalue weighted by Crippen LogP contribution is 2.24. The number of anilines is 1. The Kier molecular flexibility index (Phi) is 4.66. The van der Waals surface area contributed by atoms with E-state index in [1.54, 1.807) is 30.3 Å². The molecule has 1 N–H and O–H groups in total. The molecule has 0 aliphatic heterocycles. The SMILES string of the molecule is N#Cc1ccc(NC(=O)c2cc(Br)ccc2Cl)cc1Cl. The van der Waals surface area contributed by atoms with Crippen molar-refractivity contribution >= 4 is 50.7 Å². The molecule has 0 aliphatic carbocycles. The highest BCUT2D eigenvalue weighted by Gasteiger charge is 2.12. The van der Waals surface area contributed by atoms with Crippen molar-refractivity contribution < 1.29 is 4.79 Å². The summed E-state index contributed by atoms with van der Waals surface area (Å²) in [6, 6.07) is 11.6. The molecule has 0 atom stereocenters. The Morgan fingerprint density at radius 1 is 1.15 bits per heavy atom. The summed E-state index contributed by atoms with van der Waals surface area (Å²) in [4.78, 5) is 12.1. The van der Waals surface area contributed by atoms with Crippen LogP contribution in [0.1, 0.15) is 15.9 Å². The van der Waals surface area contributed by atoms with E-state index in [0.717, 1.165) is 4.47 Å². The third kappa shape index (κ3) is 3.31. The largest absolute Gasteiger partial charge is 0.322 e. The number of rotatable bonds is 2. The number of hydrogen-bond donors (Lipinski definition) is 1. The third-order valence-corrected chi connectivity index (χ3v) is 3.66. The second-order valence-corrected chi connectivity index (χ2v) is 5.61. The van der Waals surface area contributed by atoms with E-state index in [2.05, 4.69) is 21.2 Å². The van der Waals surface area contributed by atoms with Gasteiger partial charge in [0, 0.05) is 10.2 Å². The first kappa shape index (κ1) is 14.9. The molecule has 0 saturated carbocycles. The van der Waals surface area contributed by atoms with E-state index in [1.165, 1.54) is 6.07 Å². The lowest BCUT2D eigenvalue weighted by Crippen LogP contribution is -2.12. The van der Waals surface area contributed by atoms with Crippen molar-refractivity contribution in [1.29, 1.82) is 5.26 Å². The average molecular weight is 370 g/mol. The van der Waals surface area contributed by atoms with Crippen LogP contribution in [0.25, 0.3) is 0 Å². The van der Waals surface area contributed by atoms with Gasteiger partial charge in [-0.1, -0.05) is 39.1 Å². The number of carbonyl (C=O) groups is 1. The molecule has 100 valence electrons. The molecule has 0 spiro atoms. The summed E-state index contributed by atoms with van der Waals surface area (Å²) in [6.45, 7) is 0. The molecule has 0 aromatic heterocycles. The van der Waals surface area contributed by atoms with Crippen molar-refractivity contribution in [3.63, 3.8) is 0 Å². The number of benzene rings is 2. The van der Waals surface area contributed by atoms with Gasteiger partial charge in [0.1, 0.15) is 6.07 Å². The Morgan fingerprint density at radius 2 is 1.90 bits per heavy atom. The van der Waals surface area contributed by atoms with E-state index in [9.17, 15) is 4.79 Å². The summed E-state index contributed by atoms with van der Waals surface area (Å²) < 4.78 is 0.755. The number of hydrogen-bond acceptors (Lipinski definition) is 2. The van der Waals surface area contributed by atoms with E-state index in [4.69, 9.17) is 28.5 Å². The van der Waals surface area contributed by atoms with Crippen molar-refractivity contribution in [2.45, 2.75) is 0 Å². The second kappa shape index (κ2) is 6.27. The number of nitrogens with one attached hydrogen (secondary N) is 1. The number of halogens is 3. The standard InChI is InChI=1S/C14H7BrCl2N2O/c15-9-2-4-12(16)11(5-9)14(20)19-10-3-1-8(7-18)13(17)6-10/h1-6H,(H,19,20). The fraction of sp³-hybridized carbons (Fsp3) is 0. The quantitative estimate of drug-likeness (QED) is 0.820. The van der Waals surface area contributed by atoms with Gasteiger partial charge in [-0.3, -0.25) is 4.79 Å². The molecule has 0 aliphatic rings. The first-order chi connectivity index (χ1) is 9.51. The van der Waals surface area contributed by atoms with Crippen LogP contribution in [0, 0.1) is 11.3 Å². The van der Waals surface area contributed by atoms with E-state index >= 15 is 0 Å². The zero-order valence-corrected chi connectivity index (χ0v) is 13.1. The zero-order valence-electron chi connectivity index (χ0n) is 9.95. The minimum absolute atomic E-state index is 0.283. The molecule has 3 nitrogen and oxygen atoms in total. The van der Waals surface area contributed by atoms with Gasteiger partial charge in [0.2, 0.25) is 0 Å². The summed E-state index contributed by atoms with van der Waals surface area (Å²) >= 11 is 15.2. The zero-order chi connectivity index (χ0) is 14.7. The van der Waals surface area contributed by atoms with Crippen LogP contribution in [0.4, 0.5) is 5.69 Å². The summed E-state index contributed by atoms with van der Waals surface area (Å²) in [6.07, 6.45) is 0. The Morgan fingerprint density at radius 3 is 2.55 bits per heavy atom. The van der Waals surface area contributed by atoms with Gasteiger partial charge in [-0.25, -0.2) is 0 Å². The predicted octanol–water partition coefficient (Wildman–Crippen LogP) is 4.88. The van der Waals surface area contributed by atoms with Gasteiger partial charge in [-0.15, -0.1) is 0 Å². The van der Waals surface area contributed by atoms with E-state index in [0.29, 0.717) is 21.8 Å². The topological polar surface area (TPSA) is 52.9 Å². The fourth-order valence-corrected chi connectivity index (χ4v) is 2.34. The number of amides is 1. The van der Waals surface area contributed by atoms with Gasteiger partial charge in [0.25, 0.3) is 5.91 Å². The molecule has 1 amide bonds. The van der Waals surface area contributed by atoms with Crippen molar-refractivity contribution in [3.05, 3.63) is 62.0 Å². The summed E-state index contributed by atoms with van der Waals surface area (Å²) in [5, 5.41) is 12.1. The normalized spacial score (nSPS) is 9.90. The smallest absolute Gasteiger partial charge is 0.257 e. The second-order valence-electron chi connectivity index (χ2n) is 3.88. The van der Waals surface area contributed by atoms with Crippen LogP contribution in [-0.4, -0.2) is 5.91 Å². The van der Waals surface area contributed by atoms with Crippen molar-refractivity contribution in [1.82, 2.24) is 0 Å². The number of nitrogens with zero attached hydrogens (tertiary/aromatic N) is 1. The van der Waals surface area contributed by atoms with Gasteiger partial charge in [0.05, 0.1) is 21.2 Å². The Hall–Kier alpha value is -1.54. The van der Waals surface area contributed by atoms with Crippen molar-refractivity contribution in [3.8, 4) is 6.07 Å². The molecule has 2 aromatic rings. The van der Waals surface area contributed by atoms with Gasteiger partial charge in [-0.2, -0.15) is 5.26 Å². The van der Waals surface area contributed by atoms with Gasteiger partial charge >= 0.3 is 0 Å². The first-order valence-electron chi connectivity index (χ1n) is 5.47. The lowest BCUT2D eigenvalue weighted by Gasteiger charge is -2.08. The average Bonchev–Trinajstić information content (AvgIpc) is 2.41. The maximum absolute atomic E-state index is 12.1. The molecular formula is C14H7BrCl2N2O. The molecule has 0 bridgehead atoms. The third-order valence-electron chi connectivity index (χ3n) is 2.52. The van der Waals surface area contributed by atoms with Gasteiger partial charge < -0.3 is 5.32 Å². The molecule has 0 radical (unpaired) electrons. The van der Waals surface area contributed by atoms with Crippen LogP contribution in [0.2, 0.25) is 10.0 Å². The van der Waals surface area contributed by atoms with Crippen LogP contribution in [-0.2, 0) is 0 Å². The van der Waals surface area contributed by atoms with E-state index < -0.39 is 0 Å². The Balaban J connectivity index is 2.26.